The Balaban J connectivity index is 2.02. The number of hydrogen-bond acceptors (Lipinski definition) is 3. The molecule has 4 nitrogen and oxygen atoms in total. The van der Waals surface area contributed by atoms with Crippen molar-refractivity contribution in [3.63, 3.8) is 0 Å². The van der Waals surface area contributed by atoms with Crippen LogP contribution in [0.5, 0.6) is 0 Å². The molecule has 0 aromatic heterocycles. The van der Waals surface area contributed by atoms with Gasteiger partial charge in [-0.25, -0.2) is 4.79 Å². The van der Waals surface area contributed by atoms with Crippen molar-refractivity contribution < 1.29 is 19.4 Å². The molecule has 2 aromatic rings. The lowest BCUT2D eigenvalue weighted by Crippen LogP contribution is -2.24. The van der Waals surface area contributed by atoms with E-state index in [1.807, 2.05) is 18.2 Å². The molecule has 0 saturated heterocycles. The monoisotopic (exact) mass is 380 g/mol. The molecule has 0 fully saturated rings. The number of carboxylic acids is 1. The van der Waals surface area contributed by atoms with Crippen LogP contribution in [0.15, 0.2) is 60.2 Å². The average Bonchev–Trinajstić information content (AvgIpc) is 2.60. The smallest absolute Gasteiger partial charge is 0.331 e. The zero-order valence-electron chi connectivity index (χ0n) is 17.0. The van der Waals surface area contributed by atoms with Crippen molar-refractivity contribution in [3.8, 4) is 11.1 Å². The zero-order valence-corrected chi connectivity index (χ0v) is 17.0. The number of benzene rings is 2. The lowest BCUT2D eigenvalue weighted by Gasteiger charge is -2.19. The number of carboxylic acid groups (broad SMARTS) is 1. The van der Waals surface area contributed by atoms with Crippen LogP contribution in [0.25, 0.3) is 11.1 Å². The van der Waals surface area contributed by atoms with Crippen molar-refractivity contribution in [1.29, 1.82) is 0 Å². The van der Waals surface area contributed by atoms with E-state index in [9.17, 15) is 14.7 Å². The number of aliphatic carboxylic acids is 1. The maximum Gasteiger partial charge on any atom is 0.331 e. The molecule has 0 saturated carbocycles. The number of aryl methyl sites for hydroxylation is 2. The van der Waals surface area contributed by atoms with E-state index >= 15 is 0 Å². The van der Waals surface area contributed by atoms with Gasteiger partial charge in [-0.05, 0) is 62.8 Å². The average molecular weight is 380 g/mol. The van der Waals surface area contributed by atoms with E-state index in [1.165, 1.54) is 16.7 Å². The summed E-state index contributed by atoms with van der Waals surface area (Å²) in [5.74, 6) is -1.61. The molecule has 28 heavy (non-hydrogen) atoms. The van der Waals surface area contributed by atoms with Crippen LogP contribution in [-0.2, 0) is 20.7 Å². The van der Waals surface area contributed by atoms with Crippen molar-refractivity contribution in [1.82, 2.24) is 0 Å². The van der Waals surface area contributed by atoms with Crippen LogP contribution < -0.4 is 0 Å². The summed E-state index contributed by atoms with van der Waals surface area (Å²) in [6.45, 7) is 7.36. The van der Waals surface area contributed by atoms with Crippen LogP contribution >= 0.6 is 0 Å². The topological polar surface area (TPSA) is 63.6 Å². The van der Waals surface area contributed by atoms with E-state index in [2.05, 4.69) is 37.3 Å². The Hall–Kier alpha value is -2.88. The minimum absolute atomic E-state index is 0.0758. The number of carbonyl (C=O) groups excluding carboxylic acids is 1. The van der Waals surface area contributed by atoms with Crippen molar-refractivity contribution in [2.24, 2.45) is 0 Å². The van der Waals surface area contributed by atoms with Gasteiger partial charge < -0.3 is 9.84 Å². The van der Waals surface area contributed by atoms with Gasteiger partial charge in [-0.15, -0.1) is 0 Å². The van der Waals surface area contributed by atoms with Crippen molar-refractivity contribution in [2.45, 2.75) is 52.6 Å². The van der Waals surface area contributed by atoms with Crippen LogP contribution in [0, 0.1) is 6.92 Å². The number of carbonyl (C=O) groups is 2. The zero-order chi connectivity index (χ0) is 20.7. The Kier molecular flexibility index (Phi) is 7.16. The molecule has 0 atom stereocenters. The minimum Gasteiger partial charge on any atom is -0.478 e. The van der Waals surface area contributed by atoms with E-state index in [1.54, 1.807) is 26.8 Å². The molecule has 0 aliphatic heterocycles. The number of allylic oxidation sites excluding steroid dienone is 1. The second kappa shape index (κ2) is 9.36. The first kappa shape index (κ1) is 21.4. The molecule has 148 valence electrons. The van der Waals surface area contributed by atoms with E-state index in [0.29, 0.717) is 12.8 Å². The SMILES string of the molecule is Cc1cc(CC/C=C(\CC(=O)OC(C)(C)C)C(=O)O)ccc1-c1ccccc1. The van der Waals surface area contributed by atoms with Gasteiger partial charge in [0.1, 0.15) is 5.60 Å². The first-order valence-electron chi connectivity index (χ1n) is 9.45. The molecule has 4 heteroatoms. The quantitative estimate of drug-likeness (QED) is 0.520. The van der Waals surface area contributed by atoms with Gasteiger partial charge in [0.05, 0.1) is 6.42 Å². The fourth-order valence-corrected chi connectivity index (χ4v) is 3.00. The molecule has 0 radical (unpaired) electrons. The van der Waals surface area contributed by atoms with Crippen LogP contribution in [-0.4, -0.2) is 22.6 Å². The van der Waals surface area contributed by atoms with Gasteiger partial charge in [-0.3, -0.25) is 4.79 Å². The lowest BCUT2D eigenvalue weighted by atomic mass is 9.97. The van der Waals surface area contributed by atoms with Crippen LogP contribution in [0.4, 0.5) is 0 Å². The minimum atomic E-state index is -1.08. The van der Waals surface area contributed by atoms with Crippen LogP contribution in [0.2, 0.25) is 0 Å². The second-order valence-electron chi connectivity index (χ2n) is 7.85. The molecule has 2 aromatic carbocycles. The third kappa shape index (κ3) is 6.69. The number of esters is 1. The predicted octanol–water partition coefficient (Wildman–Crippen LogP) is 5.34. The molecular formula is C24H28O4. The Morgan fingerprint density at radius 1 is 1.07 bits per heavy atom. The van der Waals surface area contributed by atoms with Gasteiger partial charge in [0.2, 0.25) is 0 Å². The summed E-state index contributed by atoms with van der Waals surface area (Å²) in [4.78, 5) is 23.3. The van der Waals surface area contributed by atoms with Gasteiger partial charge in [-0.1, -0.05) is 54.6 Å². The maximum absolute atomic E-state index is 11.9. The summed E-state index contributed by atoms with van der Waals surface area (Å²) in [5.41, 5.74) is 4.13. The van der Waals surface area contributed by atoms with Gasteiger partial charge >= 0.3 is 11.9 Å². The highest BCUT2D eigenvalue weighted by Crippen LogP contribution is 2.24. The third-order valence-corrected chi connectivity index (χ3v) is 4.23. The fourth-order valence-electron chi connectivity index (χ4n) is 3.00. The van der Waals surface area contributed by atoms with E-state index in [4.69, 9.17) is 4.74 Å². The van der Waals surface area contributed by atoms with Crippen molar-refractivity contribution in [2.75, 3.05) is 0 Å². The molecule has 0 bridgehead atoms. The molecule has 1 N–H and O–H groups in total. The first-order chi connectivity index (χ1) is 13.2. The molecular weight excluding hydrogens is 352 g/mol. The van der Waals surface area contributed by atoms with Gasteiger partial charge in [0.25, 0.3) is 0 Å². The van der Waals surface area contributed by atoms with Gasteiger partial charge in [-0.2, -0.15) is 0 Å². The van der Waals surface area contributed by atoms with Gasteiger partial charge in [0.15, 0.2) is 0 Å². The lowest BCUT2D eigenvalue weighted by molar-refractivity contribution is -0.155. The van der Waals surface area contributed by atoms with Crippen molar-refractivity contribution >= 4 is 11.9 Å². The highest BCUT2D eigenvalue weighted by atomic mass is 16.6. The summed E-state index contributed by atoms with van der Waals surface area (Å²) in [5, 5.41) is 9.35. The number of ether oxygens (including phenoxy) is 1. The van der Waals surface area contributed by atoms with Gasteiger partial charge in [0, 0.05) is 5.57 Å². The largest absolute Gasteiger partial charge is 0.478 e. The molecule has 0 aliphatic rings. The van der Waals surface area contributed by atoms with E-state index in [0.717, 1.165) is 5.56 Å². The fraction of sp³-hybridized carbons (Fsp3) is 0.333. The van der Waals surface area contributed by atoms with Crippen molar-refractivity contribution in [3.05, 3.63) is 71.3 Å². The molecule has 0 heterocycles. The predicted molar refractivity (Wildman–Crippen MR) is 111 cm³/mol. The Bertz CT molecular complexity index is 858. The Labute approximate surface area is 166 Å². The standard InChI is InChI=1S/C24H28O4/c1-17-15-18(13-14-21(17)19-10-6-5-7-11-19)9-8-12-20(23(26)27)16-22(25)28-24(2,3)4/h5-7,10-15H,8-9,16H2,1-4H3,(H,26,27)/b20-12+. The molecule has 0 unspecified atom stereocenters. The van der Waals surface area contributed by atoms with E-state index < -0.39 is 17.5 Å². The second-order valence-corrected chi connectivity index (χ2v) is 7.85. The molecule has 0 amide bonds. The third-order valence-electron chi connectivity index (χ3n) is 4.23. The highest BCUT2D eigenvalue weighted by molar-refractivity contribution is 5.92. The number of hydrogen-bond donors (Lipinski definition) is 1. The van der Waals surface area contributed by atoms with Crippen LogP contribution in [0.1, 0.15) is 44.7 Å². The maximum atomic E-state index is 11.9. The normalized spacial score (nSPS) is 11.9. The summed E-state index contributed by atoms with van der Waals surface area (Å²) < 4.78 is 5.21. The first-order valence-corrected chi connectivity index (χ1v) is 9.45. The summed E-state index contributed by atoms with van der Waals surface area (Å²) in [6.07, 6.45) is 2.65. The van der Waals surface area contributed by atoms with Crippen LogP contribution in [0.3, 0.4) is 0 Å². The summed E-state index contributed by atoms with van der Waals surface area (Å²) in [7, 11) is 0. The Morgan fingerprint density at radius 3 is 2.32 bits per heavy atom. The summed E-state index contributed by atoms with van der Waals surface area (Å²) in [6, 6.07) is 16.5. The summed E-state index contributed by atoms with van der Waals surface area (Å²) >= 11 is 0. The molecule has 2 rings (SSSR count). The molecule has 0 spiro atoms. The number of rotatable bonds is 7. The Morgan fingerprint density at radius 2 is 1.75 bits per heavy atom. The van der Waals surface area contributed by atoms with E-state index in [-0.39, 0.29) is 12.0 Å². The molecule has 0 aliphatic carbocycles. The highest BCUT2D eigenvalue weighted by Gasteiger charge is 2.19.